The van der Waals surface area contributed by atoms with Crippen molar-refractivity contribution in [2.75, 3.05) is 4.90 Å². The van der Waals surface area contributed by atoms with E-state index >= 15 is 0 Å². The van der Waals surface area contributed by atoms with Gasteiger partial charge in [-0.25, -0.2) is 9.97 Å². The number of fused-ring (bicyclic) bond motifs is 10. The van der Waals surface area contributed by atoms with Crippen LogP contribution in [0.5, 0.6) is 23.0 Å². The third-order valence-corrected chi connectivity index (χ3v) is 8.95. The minimum Gasteiger partial charge on any atom is -0.452 e. The number of benzene rings is 6. The van der Waals surface area contributed by atoms with Gasteiger partial charge in [-0.3, -0.25) is 4.90 Å². The van der Waals surface area contributed by atoms with Gasteiger partial charge >= 0.3 is 0 Å². The first-order valence-corrected chi connectivity index (χ1v) is 15.3. The number of anilines is 3. The number of furan rings is 1. The van der Waals surface area contributed by atoms with Crippen LogP contribution in [0.15, 0.2) is 122 Å². The quantitative estimate of drug-likeness (QED) is 0.186. The molecule has 0 aliphatic carbocycles. The smallest absolute Gasteiger partial charge is 0.231 e. The molecule has 0 spiro atoms. The second kappa shape index (κ2) is 9.02. The van der Waals surface area contributed by atoms with Crippen molar-refractivity contribution in [3.8, 4) is 52.0 Å². The molecule has 9 aromatic rings. The number of aromatic nitrogens is 2. The summed E-state index contributed by atoms with van der Waals surface area (Å²) in [5.41, 5.74) is 8.14. The first-order valence-electron chi connectivity index (χ1n) is 15.3. The van der Waals surface area contributed by atoms with E-state index in [2.05, 4.69) is 11.0 Å². The van der Waals surface area contributed by atoms with Crippen molar-refractivity contribution in [2.24, 2.45) is 0 Å². The van der Waals surface area contributed by atoms with Crippen molar-refractivity contribution in [1.29, 1.82) is 5.26 Å². The molecular weight excluding hydrogens is 604 g/mol. The van der Waals surface area contributed by atoms with Gasteiger partial charge in [0.1, 0.15) is 22.3 Å². The first-order chi connectivity index (χ1) is 23.7. The molecule has 0 bridgehead atoms. The fourth-order valence-electron chi connectivity index (χ4n) is 6.85. The summed E-state index contributed by atoms with van der Waals surface area (Å²) < 4.78 is 32.4. The van der Waals surface area contributed by atoms with E-state index in [4.69, 9.17) is 32.7 Å². The zero-order valence-corrected chi connectivity index (χ0v) is 24.7. The predicted molar refractivity (Wildman–Crippen MR) is 179 cm³/mol. The fraction of sp³-hybridized carbons (Fsp3) is 0. The maximum atomic E-state index is 9.89. The summed E-state index contributed by atoms with van der Waals surface area (Å²) >= 11 is 0. The molecule has 2 aliphatic heterocycles. The highest BCUT2D eigenvalue weighted by Gasteiger charge is 2.39. The third kappa shape index (κ3) is 3.32. The van der Waals surface area contributed by atoms with E-state index in [-0.39, 0.29) is 0 Å². The molecule has 11 rings (SSSR count). The van der Waals surface area contributed by atoms with E-state index in [0.29, 0.717) is 73.8 Å². The summed E-state index contributed by atoms with van der Waals surface area (Å²) in [6, 6.07) is 36.7. The maximum Gasteiger partial charge on any atom is 0.231 e. The van der Waals surface area contributed by atoms with Gasteiger partial charge in [0.2, 0.25) is 11.8 Å². The van der Waals surface area contributed by atoms with Crippen LogP contribution in [0.1, 0.15) is 5.56 Å². The Morgan fingerprint density at radius 1 is 0.604 bits per heavy atom. The summed E-state index contributed by atoms with van der Waals surface area (Å²) in [4.78, 5) is 11.7. The highest BCUT2D eigenvalue weighted by atomic mass is 16.5. The van der Waals surface area contributed by atoms with Crippen LogP contribution in [0.3, 0.4) is 0 Å². The number of ether oxygens (including phenoxy) is 2. The molecule has 0 unspecified atom stereocenters. The van der Waals surface area contributed by atoms with Gasteiger partial charge in [-0.2, -0.15) is 5.26 Å². The van der Waals surface area contributed by atoms with Crippen LogP contribution < -0.4 is 14.4 Å². The SMILES string of the molecule is N#Cc1cccc2oc3c4c(ccc3c12)N1c2cccc(-c3nc5ccccc5o3)c2Oc2cc(-c3nc5ccccc5o3)cc(c21)O4. The van der Waals surface area contributed by atoms with Crippen LogP contribution in [0.25, 0.3) is 67.0 Å². The van der Waals surface area contributed by atoms with Gasteiger partial charge in [0.15, 0.2) is 39.7 Å². The Bertz CT molecular complexity index is 2830. The molecule has 0 saturated carbocycles. The van der Waals surface area contributed by atoms with Crippen molar-refractivity contribution in [1.82, 2.24) is 9.97 Å². The molecule has 2 aliphatic rings. The third-order valence-electron chi connectivity index (χ3n) is 8.95. The monoisotopic (exact) mass is 622 g/mol. The van der Waals surface area contributed by atoms with Gasteiger partial charge in [-0.1, -0.05) is 36.4 Å². The molecule has 48 heavy (non-hydrogen) atoms. The van der Waals surface area contributed by atoms with Crippen molar-refractivity contribution in [3.63, 3.8) is 0 Å². The zero-order valence-electron chi connectivity index (χ0n) is 24.7. The minimum absolute atomic E-state index is 0.429. The summed E-state index contributed by atoms with van der Waals surface area (Å²) in [5, 5.41) is 11.4. The van der Waals surface area contributed by atoms with Gasteiger partial charge in [0.05, 0.1) is 28.6 Å². The molecule has 0 N–H and O–H groups in total. The zero-order chi connectivity index (χ0) is 31.5. The molecule has 6 aromatic carbocycles. The van der Waals surface area contributed by atoms with E-state index in [0.717, 1.165) is 38.9 Å². The second-order valence-corrected chi connectivity index (χ2v) is 11.7. The van der Waals surface area contributed by atoms with Crippen LogP contribution in [0.2, 0.25) is 0 Å². The minimum atomic E-state index is 0.429. The van der Waals surface area contributed by atoms with Crippen molar-refractivity contribution >= 4 is 61.2 Å². The summed E-state index contributed by atoms with van der Waals surface area (Å²) in [6.07, 6.45) is 0. The number of hydrogen-bond donors (Lipinski definition) is 0. The Hall–Kier alpha value is -7.05. The Morgan fingerprint density at radius 2 is 1.27 bits per heavy atom. The lowest BCUT2D eigenvalue weighted by Crippen LogP contribution is -2.20. The largest absolute Gasteiger partial charge is 0.452 e. The summed E-state index contributed by atoms with van der Waals surface area (Å²) in [6.45, 7) is 0. The Balaban J connectivity index is 1.19. The van der Waals surface area contributed by atoms with Gasteiger partial charge in [0, 0.05) is 16.3 Å². The molecule has 9 nitrogen and oxygen atoms in total. The highest BCUT2D eigenvalue weighted by molar-refractivity contribution is 6.12. The topological polar surface area (TPSA) is 111 Å². The van der Waals surface area contributed by atoms with Crippen LogP contribution in [0, 0.1) is 11.3 Å². The lowest BCUT2D eigenvalue weighted by Gasteiger charge is -2.38. The number of nitrogens with zero attached hydrogens (tertiary/aromatic N) is 4. The average molecular weight is 623 g/mol. The first kappa shape index (κ1) is 25.2. The number of para-hydroxylation sites is 5. The van der Waals surface area contributed by atoms with Crippen LogP contribution >= 0.6 is 0 Å². The van der Waals surface area contributed by atoms with Gasteiger partial charge < -0.3 is 22.7 Å². The van der Waals surface area contributed by atoms with Crippen molar-refractivity contribution in [2.45, 2.75) is 0 Å². The number of nitriles is 1. The molecule has 0 atom stereocenters. The molecule has 9 heteroatoms. The Kier molecular flexibility index (Phi) is 4.73. The van der Waals surface area contributed by atoms with E-state index in [1.54, 1.807) is 6.07 Å². The molecule has 0 amide bonds. The maximum absolute atomic E-state index is 9.89. The molecule has 0 fully saturated rings. The average Bonchev–Trinajstić information content (AvgIpc) is 3.86. The molecule has 0 saturated heterocycles. The van der Waals surface area contributed by atoms with Gasteiger partial charge in [-0.15, -0.1) is 0 Å². The van der Waals surface area contributed by atoms with Gasteiger partial charge in [-0.05, 0) is 72.8 Å². The van der Waals surface area contributed by atoms with E-state index < -0.39 is 0 Å². The van der Waals surface area contributed by atoms with Crippen LogP contribution in [-0.4, -0.2) is 9.97 Å². The molecule has 224 valence electrons. The molecule has 0 radical (unpaired) electrons. The number of hydrogen-bond acceptors (Lipinski definition) is 9. The highest BCUT2D eigenvalue weighted by Crippen LogP contribution is 2.63. The van der Waals surface area contributed by atoms with Crippen molar-refractivity contribution < 1.29 is 22.7 Å². The lowest BCUT2D eigenvalue weighted by molar-refractivity contribution is 0.443. The standard InChI is InChI=1S/C39H18N4O5/c40-19-20-7-5-14-30-33(20)22-15-16-27-37(36(22)44-30)46-32-18-21(38-41-24-9-1-3-12-28(24)47-38)17-31-34(32)43(27)26-11-6-8-23(35(26)45-31)39-42-25-10-2-4-13-29(25)48-39/h1-18H. The summed E-state index contributed by atoms with van der Waals surface area (Å²) in [7, 11) is 0. The fourth-order valence-corrected chi connectivity index (χ4v) is 6.85. The Morgan fingerprint density at radius 3 is 2.04 bits per heavy atom. The Labute approximate surface area is 270 Å². The summed E-state index contributed by atoms with van der Waals surface area (Å²) in [5.74, 6) is 3.03. The predicted octanol–water partition coefficient (Wildman–Crippen LogP) is 10.8. The lowest BCUT2D eigenvalue weighted by atomic mass is 10.0. The second-order valence-electron chi connectivity index (χ2n) is 11.7. The van der Waals surface area contributed by atoms with Crippen LogP contribution in [0.4, 0.5) is 17.1 Å². The van der Waals surface area contributed by atoms with Crippen molar-refractivity contribution in [3.05, 3.63) is 115 Å². The van der Waals surface area contributed by atoms with E-state index in [9.17, 15) is 5.26 Å². The number of rotatable bonds is 2. The van der Waals surface area contributed by atoms with Crippen LogP contribution in [-0.2, 0) is 0 Å². The van der Waals surface area contributed by atoms with Gasteiger partial charge in [0.25, 0.3) is 0 Å². The molecule has 5 heterocycles. The van der Waals surface area contributed by atoms with E-state index in [1.165, 1.54) is 0 Å². The normalized spacial score (nSPS) is 12.9. The molecular formula is C39H18N4O5. The number of oxazole rings is 2. The van der Waals surface area contributed by atoms with E-state index in [1.807, 2.05) is 103 Å². The molecule has 3 aromatic heterocycles.